The van der Waals surface area contributed by atoms with Crippen LogP contribution in [-0.4, -0.2) is 5.91 Å². The van der Waals surface area contributed by atoms with E-state index < -0.39 is 5.91 Å². The van der Waals surface area contributed by atoms with Crippen molar-refractivity contribution in [3.05, 3.63) is 0 Å². The summed E-state index contributed by atoms with van der Waals surface area (Å²) in [6, 6.07) is 0. The van der Waals surface area contributed by atoms with Crippen LogP contribution in [0.1, 0.15) is 129 Å². The molecule has 27 heavy (non-hydrogen) atoms. The van der Waals surface area contributed by atoms with Crippen LogP contribution in [0.4, 0.5) is 0 Å². The van der Waals surface area contributed by atoms with Crippen LogP contribution in [0.25, 0.3) is 0 Å². The minimum absolute atomic E-state index is 0.613. The van der Waals surface area contributed by atoms with Gasteiger partial charge in [-0.1, -0.05) is 122 Å². The molecular weight excluding hydrogens is 330 g/mol. The minimum Gasteiger partial charge on any atom is -0.359 e. The molecule has 0 bridgehead atoms. The third kappa shape index (κ3) is 24.6. The van der Waals surface area contributed by atoms with Crippen molar-refractivity contribution in [3.63, 3.8) is 0 Å². The van der Waals surface area contributed by atoms with Gasteiger partial charge in [0.15, 0.2) is 0 Å². The zero-order valence-electron chi connectivity index (χ0n) is 17.9. The molecule has 0 radical (unpaired) electrons. The first-order valence-electron chi connectivity index (χ1n) is 11.6. The number of hydrogen-bond donors (Lipinski definition) is 1. The molecule has 0 saturated carbocycles. The number of hydrogen-bond acceptors (Lipinski definition) is 1. The van der Waals surface area contributed by atoms with E-state index in [-0.39, 0.29) is 0 Å². The van der Waals surface area contributed by atoms with Crippen LogP contribution < -0.4 is 5.73 Å². The monoisotopic (exact) mass is 373 g/mol. The Labute approximate surface area is 169 Å². The van der Waals surface area contributed by atoms with Gasteiger partial charge < -0.3 is 5.73 Å². The Kier molecular flexibility index (Phi) is 21.4. The molecule has 0 aromatic rings. The number of primary amides is 1. The zero-order valence-corrected chi connectivity index (χ0v) is 17.9. The number of unbranched alkanes of at least 4 members (excludes halogenated alkanes) is 18. The van der Waals surface area contributed by atoms with Crippen LogP contribution >= 0.6 is 0 Å². The normalized spacial score (nSPS) is 9.96. The first kappa shape index (κ1) is 25.6. The van der Waals surface area contributed by atoms with Crippen LogP contribution in [0, 0.1) is 23.7 Å². The van der Waals surface area contributed by atoms with Gasteiger partial charge in [0.2, 0.25) is 0 Å². The molecule has 0 aromatic heterocycles. The molecule has 0 unspecified atom stereocenters. The van der Waals surface area contributed by atoms with Crippen molar-refractivity contribution in [3.8, 4) is 23.7 Å². The lowest BCUT2D eigenvalue weighted by molar-refractivity contribution is -0.112. The largest absolute Gasteiger partial charge is 0.359 e. The standard InChI is InChI=1S/C25H43NO/c1-2-3-4-5-6-7-8-9-10-11-12-13-14-15-16-17-18-19-20-21-22-23-24-25(26)27/h2-20H2,1H3,(H2,26,27). The van der Waals surface area contributed by atoms with Crippen molar-refractivity contribution in [2.45, 2.75) is 129 Å². The predicted octanol–water partition coefficient (Wildman–Crippen LogP) is 6.91. The summed E-state index contributed by atoms with van der Waals surface area (Å²) < 4.78 is 0. The maximum absolute atomic E-state index is 10.4. The van der Waals surface area contributed by atoms with Crippen molar-refractivity contribution >= 4 is 5.91 Å². The Hall–Kier alpha value is -1.41. The number of carbonyl (C=O) groups is 1. The van der Waals surface area contributed by atoms with Gasteiger partial charge >= 0.3 is 0 Å². The summed E-state index contributed by atoms with van der Waals surface area (Å²) in [7, 11) is 0. The molecule has 2 N–H and O–H groups in total. The van der Waals surface area contributed by atoms with Crippen molar-refractivity contribution in [2.24, 2.45) is 5.73 Å². The Balaban J connectivity index is 3.11. The summed E-state index contributed by atoms with van der Waals surface area (Å²) in [5.74, 6) is 9.69. The molecule has 1 amide bonds. The molecule has 0 saturated heterocycles. The Bertz CT molecular complexity index is 446. The maximum atomic E-state index is 10.4. The molecule has 0 spiro atoms. The third-order valence-corrected chi connectivity index (χ3v) is 4.99. The van der Waals surface area contributed by atoms with E-state index >= 15 is 0 Å². The topological polar surface area (TPSA) is 43.1 Å². The van der Waals surface area contributed by atoms with Gasteiger partial charge in [0.05, 0.1) is 0 Å². The fraction of sp³-hybridized carbons (Fsp3) is 0.800. The summed E-state index contributed by atoms with van der Waals surface area (Å²) in [5, 5.41) is 0. The van der Waals surface area contributed by atoms with E-state index in [1.54, 1.807) is 0 Å². The molecule has 2 heteroatoms. The van der Waals surface area contributed by atoms with E-state index in [9.17, 15) is 4.79 Å². The van der Waals surface area contributed by atoms with Gasteiger partial charge in [-0.2, -0.15) is 0 Å². The average molecular weight is 374 g/mol. The Morgan fingerprint density at radius 1 is 0.593 bits per heavy atom. The molecule has 2 nitrogen and oxygen atoms in total. The fourth-order valence-corrected chi connectivity index (χ4v) is 3.31. The van der Waals surface area contributed by atoms with Crippen LogP contribution in [0.2, 0.25) is 0 Å². The highest BCUT2D eigenvalue weighted by Crippen LogP contribution is 2.14. The lowest BCUT2D eigenvalue weighted by atomic mass is 10.0. The van der Waals surface area contributed by atoms with Gasteiger partial charge in [-0.05, 0) is 18.3 Å². The number of amides is 1. The van der Waals surface area contributed by atoms with Crippen LogP contribution in [0.5, 0.6) is 0 Å². The molecule has 0 heterocycles. The molecule has 0 fully saturated rings. The molecule has 0 aliphatic heterocycles. The highest BCUT2D eigenvalue weighted by atomic mass is 16.1. The van der Waals surface area contributed by atoms with Crippen molar-refractivity contribution in [1.29, 1.82) is 0 Å². The van der Waals surface area contributed by atoms with E-state index in [4.69, 9.17) is 5.73 Å². The fourth-order valence-electron chi connectivity index (χ4n) is 3.31. The number of nitrogens with two attached hydrogens (primary N) is 1. The van der Waals surface area contributed by atoms with Crippen LogP contribution in [-0.2, 0) is 4.79 Å². The van der Waals surface area contributed by atoms with E-state index in [0.717, 1.165) is 12.8 Å². The molecule has 0 aliphatic rings. The van der Waals surface area contributed by atoms with Gasteiger partial charge in [0.1, 0.15) is 0 Å². The van der Waals surface area contributed by atoms with Gasteiger partial charge in [0.25, 0.3) is 5.91 Å². The predicted molar refractivity (Wildman–Crippen MR) is 118 cm³/mol. The highest BCUT2D eigenvalue weighted by Gasteiger charge is 1.94. The van der Waals surface area contributed by atoms with Gasteiger partial charge in [0, 0.05) is 12.3 Å². The average Bonchev–Trinajstić information content (AvgIpc) is 2.65. The second kappa shape index (κ2) is 22.6. The SMILES string of the molecule is CCCCCCCCCCCCCCCCCCCCC#CC#CC(N)=O. The number of carbonyl (C=O) groups excluding carboxylic acids is 1. The molecule has 0 atom stereocenters. The van der Waals surface area contributed by atoms with E-state index in [1.807, 2.05) is 0 Å². The second-order valence-electron chi connectivity index (χ2n) is 7.68. The minimum atomic E-state index is -0.613. The smallest absolute Gasteiger partial charge is 0.294 e. The third-order valence-electron chi connectivity index (χ3n) is 4.99. The zero-order chi connectivity index (χ0) is 19.8. The first-order valence-corrected chi connectivity index (χ1v) is 11.6. The van der Waals surface area contributed by atoms with E-state index in [1.165, 1.54) is 109 Å². The summed E-state index contributed by atoms with van der Waals surface area (Å²) in [6.07, 6.45) is 25.9. The van der Waals surface area contributed by atoms with Crippen molar-refractivity contribution in [1.82, 2.24) is 0 Å². The molecule has 154 valence electrons. The molecule has 0 aromatic carbocycles. The number of rotatable bonds is 18. The summed E-state index contributed by atoms with van der Waals surface area (Å²) >= 11 is 0. The van der Waals surface area contributed by atoms with Crippen molar-refractivity contribution in [2.75, 3.05) is 0 Å². The highest BCUT2D eigenvalue weighted by molar-refractivity contribution is 5.92. The van der Waals surface area contributed by atoms with Gasteiger partial charge in [-0.15, -0.1) is 0 Å². The van der Waals surface area contributed by atoms with Gasteiger partial charge in [-0.25, -0.2) is 0 Å². The summed E-state index contributed by atoms with van der Waals surface area (Å²) in [5.41, 5.74) is 4.90. The van der Waals surface area contributed by atoms with E-state index in [0.29, 0.717) is 0 Å². The lowest BCUT2D eigenvalue weighted by Gasteiger charge is -2.03. The van der Waals surface area contributed by atoms with E-state index in [2.05, 4.69) is 30.6 Å². The summed E-state index contributed by atoms with van der Waals surface area (Å²) in [6.45, 7) is 2.28. The molecular formula is C25H43NO. The van der Waals surface area contributed by atoms with Crippen molar-refractivity contribution < 1.29 is 4.79 Å². The van der Waals surface area contributed by atoms with Crippen LogP contribution in [0.15, 0.2) is 0 Å². The summed E-state index contributed by atoms with van der Waals surface area (Å²) in [4.78, 5) is 10.4. The second-order valence-corrected chi connectivity index (χ2v) is 7.68. The lowest BCUT2D eigenvalue weighted by Crippen LogP contribution is -2.05. The quantitative estimate of drug-likeness (QED) is 0.206. The molecule has 0 rings (SSSR count). The van der Waals surface area contributed by atoms with Crippen LogP contribution in [0.3, 0.4) is 0 Å². The molecule has 0 aliphatic carbocycles. The first-order chi connectivity index (χ1) is 13.3. The Morgan fingerprint density at radius 3 is 1.33 bits per heavy atom. The van der Waals surface area contributed by atoms with Gasteiger partial charge in [-0.3, -0.25) is 4.79 Å². The Morgan fingerprint density at radius 2 is 0.963 bits per heavy atom. The maximum Gasteiger partial charge on any atom is 0.294 e.